The van der Waals surface area contributed by atoms with Crippen LogP contribution >= 0.6 is 0 Å². The molecule has 0 amide bonds. The fourth-order valence-electron chi connectivity index (χ4n) is 5.86. The molecule has 4 unspecified atom stereocenters. The van der Waals surface area contributed by atoms with Gasteiger partial charge in [0.1, 0.15) is 24.4 Å². The summed E-state index contributed by atoms with van der Waals surface area (Å²) in [6.07, 6.45) is 3.03. The Hall–Kier alpha value is -1.26. The van der Waals surface area contributed by atoms with Crippen LogP contribution in [0.1, 0.15) is 98.3 Å². The van der Waals surface area contributed by atoms with Crippen molar-refractivity contribution >= 4 is 11.9 Å². The van der Waals surface area contributed by atoms with Gasteiger partial charge < -0.3 is 25.2 Å². The molecule has 0 aromatic rings. The molecule has 1 aliphatic carbocycles. The topological polar surface area (TPSA) is 143 Å². The van der Waals surface area contributed by atoms with Crippen molar-refractivity contribution < 1.29 is 44.5 Å². The fraction of sp³-hybridized carbons (Fsp3) is 0.926. The van der Waals surface area contributed by atoms with Gasteiger partial charge in [-0.3, -0.25) is 0 Å². The van der Waals surface area contributed by atoms with Crippen molar-refractivity contribution in [3.05, 3.63) is 0 Å². The Labute approximate surface area is 215 Å². The zero-order valence-corrected chi connectivity index (χ0v) is 22.4. The Morgan fingerprint density at radius 1 is 0.972 bits per heavy atom. The Bertz CT molecular complexity index is 682. The highest BCUT2D eigenvalue weighted by atomic mass is 17.2. The summed E-state index contributed by atoms with van der Waals surface area (Å²) >= 11 is 0. The summed E-state index contributed by atoms with van der Waals surface area (Å²) in [5.74, 6) is -1.63. The van der Waals surface area contributed by atoms with E-state index in [-0.39, 0.29) is 24.7 Å². The molecule has 9 nitrogen and oxygen atoms in total. The number of carbonyl (C=O) groups excluding carboxylic acids is 2. The number of aliphatic hydroxyl groups excluding tert-OH is 4. The van der Waals surface area contributed by atoms with Gasteiger partial charge in [-0.2, -0.15) is 0 Å². The average molecular weight is 517 g/mol. The average Bonchev–Trinajstić information content (AvgIpc) is 2.85. The van der Waals surface area contributed by atoms with Crippen molar-refractivity contribution in [1.29, 1.82) is 0 Å². The third-order valence-corrected chi connectivity index (χ3v) is 8.19. The first-order chi connectivity index (χ1) is 17.1. The molecule has 9 heteroatoms. The molecule has 0 spiro atoms. The van der Waals surface area contributed by atoms with Gasteiger partial charge in [0.2, 0.25) is 0 Å². The molecule has 1 saturated carbocycles. The van der Waals surface area contributed by atoms with Gasteiger partial charge in [-0.1, -0.05) is 66.2 Å². The van der Waals surface area contributed by atoms with E-state index in [0.717, 1.165) is 19.3 Å². The summed E-state index contributed by atoms with van der Waals surface area (Å²) in [5.41, 5.74) is -0.731. The highest BCUT2D eigenvalue weighted by Crippen LogP contribution is 2.50. The second-order valence-electron chi connectivity index (χ2n) is 11.4. The van der Waals surface area contributed by atoms with Gasteiger partial charge in [0.25, 0.3) is 0 Å². The lowest BCUT2D eigenvalue weighted by Crippen LogP contribution is -2.63. The highest BCUT2D eigenvalue weighted by Gasteiger charge is 2.54. The predicted octanol–water partition coefficient (Wildman–Crippen LogP) is 3.05. The summed E-state index contributed by atoms with van der Waals surface area (Å²) in [6.45, 7) is 7.57. The Balaban J connectivity index is 1.95. The normalized spacial score (nSPS) is 35.0. The minimum absolute atomic E-state index is 0.0164. The van der Waals surface area contributed by atoms with Crippen LogP contribution in [0.3, 0.4) is 0 Å². The van der Waals surface area contributed by atoms with E-state index in [0.29, 0.717) is 19.3 Å². The lowest BCUT2D eigenvalue weighted by Gasteiger charge is -2.52. The minimum Gasteiger partial charge on any atom is -0.394 e. The number of ether oxygens (including phenoxy) is 1. The zero-order chi connectivity index (χ0) is 26.9. The van der Waals surface area contributed by atoms with Crippen molar-refractivity contribution in [2.24, 2.45) is 23.2 Å². The first-order valence-corrected chi connectivity index (χ1v) is 13.8. The number of unbranched alkanes of at least 4 members (excludes halogenated alkanes) is 6. The number of aliphatic hydroxyl groups is 4. The van der Waals surface area contributed by atoms with E-state index in [1.165, 1.54) is 19.3 Å². The molecule has 8 atom stereocenters. The molecule has 210 valence electrons. The molecule has 0 bridgehead atoms. The van der Waals surface area contributed by atoms with E-state index in [1.54, 1.807) is 0 Å². The quantitative estimate of drug-likeness (QED) is 0.175. The summed E-state index contributed by atoms with van der Waals surface area (Å²) in [4.78, 5) is 35.0. The van der Waals surface area contributed by atoms with Gasteiger partial charge in [0, 0.05) is 0 Å². The lowest BCUT2D eigenvalue weighted by molar-refractivity contribution is -0.273. The summed E-state index contributed by atoms with van der Waals surface area (Å²) in [7, 11) is 0. The van der Waals surface area contributed by atoms with Crippen molar-refractivity contribution in [2.45, 2.75) is 129 Å². The van der Waals surface area contributed by atoms with Crippen molar-refractivity contribution in [3.8, 4) is 0 Å². The van der Waals surface area contributed by atoms with Crippen molar-refractivity contribution in [1.82, 2.24) is 0 Å². The maximum Gasteiger partial charge on any atom is 0.358 e. The fourth-order valence-corrected chi connectivity index (χ4v) is 5.86. The summed E-state index contributed by atoms with van der Waals surface area (Å²) in [5, 5.41) is 40.7. The molecule has 4 N–H and O–H groups in total. The maximum absolute atomic E-state index is 13.1. The van der Waals surface area contributed by atoms with E-state index >= 15 is 0 Å². The highest BCUT2D eigenvalue weighted by molar-refractivity contribution is 5.75. The van der Waals surface area contributed by atoms with Crippen LogP contribution in [0.2, 0.25) is 0 Å². The monoisotopic (exact) mass is 516 g/mol. The van der Waals surface area contributed by atoms with Crippen LogP contribution in [0.5, 0.6) is 0 Å². The Morgan fingerprint density at radius 2 is 1.61 bits per heavy atom. The van der Waals surface area contributed by atoms with Gasteiger partial charge in [-0.25, -0.2) is 19.4 Å². The zero-order valence-electron chi connectivity index (χ0n) is 22.4. The van der Waals surface area contributed by atoms with Crippen LogP contribution in [0.15, 0.2) is 0 Å². The molecule has 0 aromatic carbocycles. The minimum atomic E-state index is -1.47. The van der Waals surface area contributed by atoms with Crippen LogP contribution in [-0.2, 0) is 24.1 Å². The van der Waals surface area contributed by atoms with Crippen LogP contribution < -0.4 is 0 Å². The maximum atomic E-state index is 13.1. The first kappa shape index (κ1) is 31.0. The second-order valence-corrected chi connectivity index (χ2v) is 11.4. The SMILES string of the molecule is CCCCCCCCCC(=O)OOC(=O)C1CC(C)(C2O[C@H](CO)[C@@H](O)[C@H](O)[C@H]2O)CCC1C(C)C. The van der Waals surface area contributed by atoms with Gasteiger partial charge in [-0.05, 0) is 42.9 Å². The molecular weight excluding hydrogens is 468 g/mol. The largest absolute Gasteiger partial charge is 0.394 e. The molecule has 0 radical (unpaired) electrons. The lowest BCUT2D eigenvalue weighted by atomic mass is 9.60. The molecule has 2 fully saturated rings. The molecule has 1 heterocycles. The van der Waals surface area contributed by atoms with Crippen molar-refractivity contribution in [3.63, 3.8) is 0 Å². The van der Waals surface area contributed by atoms with E-state index in [4.69, 9.17) is 14.5 Å². The van der Waals surface area contributed by atoms with E-state index in [1.807, 2.05) is 20.8 Å². The molecular formula is C27H48O9. The molecule has 1 aliphatic heterocycles. The smallest absolute Gasteiger partial charge is 0.358 e. The van der Waals surface area contributed by atoms with E-state index in [2.05, 4.69) is 6.92 Å². The van der Waals surface area contributed by atoms with Gasteiger partial charge in [0.05, 0.1) is 25.0 Å². The second kappa shape index (κ2) is 14.6. The summed E-state index contributed by atoms with van der Waals surface area (Å²) in [6, 6.07) is 0. The molecule has 2 aliphatic rings. The number of carbonyl (C=O) groups is 2. The van der Waals surface area contributed by atoms with E-state index in [9.17, 15) is 30.0 Å². The van der Waals surface area contributed by atoms with Crippen LogP contribution in [0.4, 0.5) is 0 Å². The molecule has 0 aromatic heterocycles. The van der Waals surface area contributed by atoms with Crippen molar-refractivity contribution in [2.75, 3.05) is 6.61 Å². The number of hydrogen-bond acceptors (Lipinski definition) is 9. The molecule has 1 saturated heterocycles. The number of hydrogen-bond donors (Lipinski definition) is 4. The Morgan fingerprint density at radius 3 is 2.22 bits per heavy atom. The third kappa shape index (κ3) is 8.12. The van der Waals surface area contributed by atoms with Crippen LogP contribution in [0, 0.1) is 23.2 Å². The van der Waals surface area contributed by atoms with E-state index < -0.39 is 60.4 Å². The standard InChI is InChI=1S/C27H48O9/c1-5-6-7-8-9-10-11-12-21(29)35-36-26(33)19-15-27(4,14-13-18(19)17(2)3)25-24(32)23(31)22(30)20(16-28)34-25/h17-20,22-25,28,30-32H,5-16H2,1-4H3/t18?,19?,20-,22-,23+,24-,25?,27?/m1/s1. The van der Waals surface area contributed by atoms with Gasteiger partial charge in [0.15, 0.2) is 0 Å². The van der Waals surface area contributed by atoms with Crippen LogP contribution in [0.25, 0.3) is 0 Å². The van der Waals surface area contributed by atoms with Gasteiger partial charge >= 0.3 is 11.9 Å². The number of rotatable bonds is 12. The predicted molar refractivity (Wildman–Crippen MR) is 132 cm³/mol. The molecule has 36 heavy (non-hydrogen) atoms. The van der Waals surface area contributed by atoms with Crippen LogP contribution in [-0.4, -0.2) is 69.5 Å². The van der Waals surface area contributed by atoms with Gasteiger partial charge in [-0.15, -0.1) is 0 Å². The summed E-state index contributed by atoms with van der Waals surface area (Å²) < 4.78 is 5.83. The third-order valence-electron chi connectivity index (χ3n) is 8.19. The first-order valence-electron chi connectivity index (χ1n) is 13.8. The Kier molecular flexibility index (Phi) is 12.6. The molecule has 2 rings (SSSR count).